The third kappa shape index (κ3) is 8.83. The van der Waals surface area contributed by atoms with Crippen molar-refractivity contribution in [2.45, 2.75) is 52.6 Å². The summed E-state index contributed by atoms with van der Waals surface area (Å²) in [7, 11) is 1.73. The molecule has 6 nitrogen and oxygen atoms in total. The molecule has 132 valence electrons. The van der Waals surface area contributed by atoms with Crippen molar-refractivity contribution in [3.05, 3.63) is 23.7 Å². The lowest BCUT2D eigenvalue weighted by Gasteiger charge is -2.18. The van der Waals surface area contributed by atoms with Crippen molar-refractivity contribution in [2.24, 2.45) is 16.6 Å². The third-order valence-corrected chi connectivity index (χ3v) is 3.36. The maximum Gasteiger partial charge on any atom is 0.284 e. The lowest BCUT2D eigenvalue weighted by Crippen LogP contribution is -2.41. The zero-order valence-corrected chi connectivity index (χ0v) is 16.7. The van der Waals surface area contributed by atoms with Gasteiger partial charge in [0.1, 0.15) is 5.76 Å². The number of rotatable bonds is 8. The fraction of sp³-hybridized carbons (Fsp3) is 0.625. The van der Waals surface area contributed by atoms with Crippen molar-refractivity contribution in [1.29, 1.82) is 0 Å². The Morgan fingerprint density at radius 3 is 2.52 bits per heavy atom. The van der Waals surface area contributed by atoms with Crippen LogP contribution in [0.1, 0.15) is 56.3 Å². The molecule has 1 aromatic rings. The van der Waals surface area contributed by atoms with Crippen LogP contribution in [-0.2, 0) is 6.54 Å². The molecule has 0 saturated carbocycles. The van der Waals surface area contributed by atoms with Crippen molar-refractivity contribution in [1.82, 2.24) is 10.6 Å². The summed E-state index contributed by atoms with van der Waals surface area (Å²) in [5.41, 5.74) is 5.15. The first-order chi connectivity index (χ1) is 10.4. The molecular formula is C16H29IN4O2. The first-order valence-corrected chi connectivity index (χ1v) is 7.78. The number of nitrogens with one attached hydrogen (secondary N) is 2. The molecule has 4 N–H and O–H groups in total. The van der Waals surface area contributed by atoms with Gasteiger partial charge in [-0.1, -0.05) is 26.7 Å². The number of amides is 1. The van der Waals surface area contributed by atoms with Gasteiger partial charge in [0.2, 0.25) is 0 Å². The minimum Gasteiger partial charge on any atom is -0.454 e. The zero-order chi connectivity index (χ0) is 16.5. The Balaban J connectivity index is 0.00000484. The maximum atomic E-state index is 11.0. The Hall–Kier alpha value is -1.25. The van der Waals surface area contributed by atoms with E-state index in [1.807, 2.05) is 0 Å². The number of carbonyl (C=O) groups is 1. The van der Waals surface area contributed by atoms with Crippen molar-refractivity contribution in [3.8, 4) is 0 Å². The highest BCUT2D eigenvalue weighted by molar-refractivity contribution is 14.0. The molecule has 1 unspecified atom stereocenters. The predicted octanol–water partition coefficient (Wildman–Crippen LogP) is 2.88. The number of carbonyl (C=O) groups excluding carboxylic acids is 1. The van der Waals surface area contributed by atoms with Crippen LogP contribution in [0.5, 0.6) is 0 Å². The van der Waals surface area contributed by atoms with Crippen LogP contribution in [0.2, 0.25) is 0 Å². The number of hydrogen-bond donors (Lipinski definition) is 3. The molecule has 0 aromatic carbocycles. The van der Waals surface area contributed by atoms with Gasteiger partial charge >= 0.3 is 0 Å². The number of nitrogens with zero attached hydrogens (tertiary/aromatic N) is 1. The Kier molecular flexibility index (Phi) is 10.7. The SMILES string of the molecule is CN=C(NCc1ccc(C(N)=O)o1)NC(C)CCCC(C)C.I. The summed E-state index contributed by atoms with van der Waals surface area (Å²) in [5.74, 6) is 1.70. The molecule has 0 fully saturated rings. The molecule has 7 heteroatoms. The van der Waals surface area contributed by atoms with Gasteiger partial charge in [-0.15, -0.1) is 24.0 Å². The van der Waals surface area contributed by atoms with Gasteiger partial charge in [0.05, 0.1) is 6.54 Å². The van der Waals surface area contributed by atoms with E-state index in [1.54, 1.807) is 19.2 Å². The summed E-state index contributed by atoms with van der Waals surface area (Å²) in [4.78, 5) is 15.2. The van der Waals surface area contributed by atoms with Crippen molar-refractivity contribution in [2.75, 3.05) is 7.05 Å². The minimum absolute atomic E-state index is 0. The number of hydrogen-bond acceptors (Lipinski definition) is 3. The molecule has 0 spiro atoms. The second-order valence-corrected chi connectivity index (χ2v) is 5.93. The summed E-state index contributed by atoms with van der Waals surface area (Å²) in [6.07, 6.45) is 3.54. The Morgan fingerprint density at radius 1 is 1.30 bits per heavy atom. The Bertz CT molecular complexity index is 500. The average molecular weight is 436 g/mol. The highest BCUT2D eigenvalue weighted by atomic mass is 127. The molecule has 0 aliphatic heterocycles. The van der Waals surface area contributed by atoms with Crippen LogP contribution < -0.4 is 16.4 Å². The van der Waals surface area contributed by atoms with E-state index in [0.717, 1.165) is 12.3 Å². The van der Waals surface area contributed by atoms with Gasteiger partial charge < -0.3 is 20.8 Å². The molecular weight excluding hydrogens is 407 g/mol. The van der Waals surface area contributed by atoms with Gasteiger partial charge in [0, 0.05) is 13.1 Å². The van der Waals surface area contributed by atoms with Crippen LogP contribution in [0.15, 0.2) is 21.5 Å². The largest absolute Gasteiger partial charge is 0.454 e. The van der Waals surface area contributed by atoms with Crippen molar-refractivity contribution < 1.29 is 9.21 Å². The quantitative estimate of drug-likeness (QED) is 0.332. The second kappa shape index (κ2) is 11.3. The minimum atomic E-state index is -0.562. The van der Waals surface area contributed by atoms with E-state index < -0.39 is 5.91 Å². The lowest BCUT2D eigenvalue weighted by molar-refractivity contribution is 0.0972. The predicted molar refractivity (Wildman–Crippen MR) is 104 cm³/mol. The monoisotopic (exact) mass is 436 g/mol. The normalized spacial score (nSPS) is 12.7. The lowest BCUT2D eigenvalue weighted by atomic mass is 10.0. The second-order valence-electron chi connectivity index (χ2n) is 5.93. The molecule has 1 aromatic heterocycles. The van der Waals surface area contributed by atoms with Gasteiger partial charge in [0.25, 0.3) is 5.91 Å². The first-order valence-electron chi connectivity index (χ1n) is 7.78. The molecule has 1 amide bonds. The summed E-state index contributed by atoms with van der Waals surface area (Å²) >= 11 is 0. The Labute approximate surface area is 155 Å². The van der Waals surface area contributed by atoms with Crippen LogP contribution >= 0.6 is 24.0 Å². The smallest absolute Gasteiger partial charge is 0.284 e. The number of primary amides is 1. The summed E-state index contributed by atoms with van der Waals surface area (Å²) in [5, 5.41) is 6.51. The highest BCUT2D eigenvalue weighted by Gasteiger charge is 2.09. The summed E-state index contributed by atoms with van der Waals surface area (Å²) in [6, 6.07) is 3.65. The van der Waals surface area contributed by atoms with Crippen LogP contribution in [0.4, 0.5) is 0 Å². The van der Waals surface area contributed by atoms with Gasteiger partial charge in [-0.05, 0) is 31.4 Å². The number of nitrogens with two attached hydrogens (primary N) is 1. The summed E-state index contributed by atoms with van der Waals surface area (Å²) in [6.45, 7) is 7.07. The number of guanidine groups is 1. The van der Waals surface area contributed by atoms with Crippen molar-refractivity contribution >= 4 is 35.8 Å². The van der Waals surface area contributed by atoms with E-state index in [0.29, 0.717) is 24.3 Å². The average Bonchev–Trinajstić information content (AvgIpc) is 2.92. The van der Waals surface area contributed by atoms with E-state index in [4.69, 9.17) is 10.2 Å². The van der Waals surface area contributed by atoms with Gasteiger partial charge in [-0.3, -0.25) is 9.79 Å². The van der Waals surface area contributed by atoms with Crippen LogP contribution in [0.3, 0.4) is 0 Å². The zero-order valence-electron chi connectivity index (χ0n) is 14.4. The van der Waals surface area contributed by atoms with Gasteiger partial charge in [0.15, 0.2) is 11.7 Å². The van der Waals surface area contributed by atoms with E-state index >= 15 is 0 Å². The van der Waals surface area contributed by atoms with Crippen LogP contribution in [0, 0.1) is 5.92 Å². The van der Waals surface area contributed by atoms with Crippen LogP contribution in [-0.4, -0.2) is 25.0 Å². The number of furan rings is 1. The van der Waals surface area contributed by atoms with E-state index in [9.17, 15) is 4.79 Å². The number of aliphatic imine (C=N–C) groups is 1. The molecule has 23 heavy (non-hydrogen) atoms. The van der Waals surface area contributed by atoms with Crippen LogP contribution in [0.25, 0.3) is 0 Å². The molecule has 0 bridgehead atoms. The fourth-order valence-electron chi connectivity index (χ4n) is 2.11. The number of halogens is 1. The molecule has 1 rings (SSSR count). The van der Waals surface area contributed by atoms with Crippen molar-refractivity contribution in [3.63, 3.8) is 0 Å². The maximum absolute atomic E-state index is 11.0. The molecule has 0 radical (unpaired) electrons. The molecule has 1 heterocycles. The Morgan fingerprint density at radius 2 is 2.00 bits per heavy atom. The molecule has 1 atom stereocenters. The summed E-state index contributed by atoms with van der Waals surface area (Å²) < 4.78 is 5.32. The standard InChI is InChI=1S/C16H28N4O2.HI/c1-11(2)6-5-7-12(3)20-16(18-4)19-10-13-8-9-14(22-13)15(17)21;/h8-9,11-12H,5-7,10H2,1-4H3,(H2,17,21)(H2,18,19,20);1H. The van der Waals surface area contributed by atoms with Gasteiger partial charge in [-0.2, -0.15) is 0 Å². The molecule has 0 saturated heterocycles. The molecule has 0 aliphatic carbocycles. The van der Waals surface area contributed by atoms with Gasteiger partial charge in [-0.25, -0.2) is 0 Å². The first kappa shape index (κ1) is 21.8. The topological polar surface area (TPSA) is 92.6 Å². The van der Waals surface area contributed by atoms with E-state index in [1.165, 1.54) is 12.8 Å². The van der Waals surface area contributed by atoms with E-state index in [2.05, 4.69) is 36.4 Å². The third-order valence-electron chi connectivity index (χ3n) is 3.36. The fourth-order valence-corrected chi connectivity index (χ4v) is 2.11. The molecule has 0 aliphatic rings. The van der Waals surface area contributed by atoms with E-state index in [-0.39, 0.29) is 29.7 Å². The highest BCUT2D eigenvalue weighted by Crippen LogP contribution is 2.08.